The molecule has 0 radical (unpaired) electrons. The van der Waals surface area contributed by atoms with E-state index in [1.807, 2.05) is 24.3 Å². The summed E-state index contributed by atoms with van der Waals surface area (Å²) in [6, 6.07) is 12.8. The van der Waals surface area contributed by atoms with Crippen molar-refractivity contribution in [2.45, 2.75) is 15.7 Å². The van der Waals surface area contributed by atoms with Crippen LogP contribution in [0.3, 0.4) is 0 Å². The molecule has 1 aromatic heterocycles. The molecular weight excluding hydrogens is 385 g/mol. The predicted molar refractivity (Wildman–Crippen MR) is 99.3 cm³/mol. The van der Waals surface area contributed by atoms with Crippen LogP contribution in [0.15, 0.2) is 57.2 Å². The van der Waals surface area contributed by atoms with Crippen LogP contribution in [0.2, 0.25) is 10.0 Å². The lowest BCUT2D eigenvalue weighted by Crippen LogP contribution is -2.14. The molecule has 0 fully saturated rings. The van der Waals surface area contributed by atoms with Gasteiger partial charge in [-0.15, -0.1) is 10.2 Å². The maximum atomic E-state index is 12.3. The zero-order valence-electron chi connectivity index (χ0n) is 12.2. The molecule has 0 saturated carbocycles. The SMILES string of the molecule is O=C(Cc1ccc(Cl)c(Cl)c1)Nc1ccccc1Sc1nncs1. The third-order valence-corrected chi connectivity index (χ3v) is 5.64. The van der Waals surface area contributed by atoms with Crippen molar-refractivity contribution in [1.82, 2.24) is 10.2 Å². The Kier molecular flexibility index (Phi) is 5.73. The zero-order chi connectivity index (χ0) is 16.9. The number of halogens is 2. The van der Waals surface area contributed by atoms with Crippen LogP contribution in [0, 0.1) is 0 Å². The van der Waals surface area contributed by atoms with Crippen molar-refractivity contribution >= 4 is 57.9 Å². The zero-order valence-corrected chi connectivity index (χ0v) is 15.3. The summed E-state index contributed by atoms with van der Waals surface area (Å²) >= 11 is 14.8. The van der Waals surface area contributed by atoms with Crippen LogP contribution < -0.4 is 5.32 Å². The summed E-state index contributed by atoms with van der Waals surface area (Å²) in [5.74, 6) is -0.126. The standard InChI is InChI=1S/C16H11Cl2N3OS2/c17-11-6-5-10(7-12(11)18)8-15(22)20-13-3-1-2-4-14(13)24-16-21-19-9-23-16/h1-7,9H,8H2,(H,20,22). The van der Waals surface area contributed by atoms with E-state index in [4.69, 9.17) is 23.2 Å². The molecule has 0 atom stereocenters. The van der Waals surface area contributed by atoms with Gasteiger partial charge in [0.2, 0.25) is 5.91 Å². The van der Waals surface area contributed by atoms with E-state index in [0.29, 0.717) is 10.0 Å². The van der Waals surface area contributed by atoms with Crippen molar-refractivity contribution in [3.8, 4) is 0 Å². The molecule has 1 amide bonds. The van der Waals surface area contributed by atoms with Crippen molar-refractivity contribution in [2.24, 2.45) is 0 Å². The lowest BCUT2D eigenvalue weighted by molar-refractivity contribution is -0.115. The summed E-state index contributed by atoms with van der Waals surface area (Å²) in [6.07, 6.45) is 0.217. The minimum Gasteiger partial charge on any atom is -0.325 e. The van der Waals surface area contributed by atoms with Crippen LogP contribution in [0.1, 0.15) is 5.56 Å². The average Bonchev–Trinajstić information content (AvgIpc) is 3.06. The second-order valence-electron chi connectivity index (χ2n) is 4.78. The van der Waals surface area contributed by atoms with Gasteiger partial charge in [-0.3, -0.25) is 4.79 Å². The Morgan fingerprint density at radius 1 is 1.17 bits per heavy atom. The second-order valence-corrected chi connectivity index (χ2v) is 7.71. The van der Waals surface area contributed by atoms with E-state index in [1.54, 1.807) is 23.7 Å². The van der Waals surface area contributed by atoms with Gasteiger partial charge in [-0.1, -0.05) is 64.5 Å². The van der Waals surface area contributed by atoms with Crippen LogP contribution in [-0.2, 0) is 11.2 Å². The van der Waals surface area contributed by atoms with Gasteiger partial charge in [0.1, 0.15) is 5.51 Å². The minimum atomic E-state index is -0.126. The molecule has 4 nitrogen and oxygen atoms in total. The van der Waals surface area contributed by atoms with E-state index >= 15 is 0 Å². The van der Waals surface area contributed by atoms with Crippen molar-refractivity contribution in [2.75, 3.05) is 5.32 Å². The molecule has 0 unspecified atom stereocenters. The smallest absolute Gasteiger partial charge is 0.228 e. The number of nitrogens with zero attached hydrogens (tertiary/aromatic N) is 2. The molecule has 0 aliphatic carbocycles. The second kappa shape index (κ2) is 7.98. The fourth-order valence-electron chi connectivity index (χ4n) is 1.99. The van der Waals surface area contributed by atoms with Crippen LogP contribution in [0.25, 0.3) is 0 Å². The third-order valence-electron chi connectivity index (χ3n) is 3.05. The number of carbonyl (C=O) groups excluding carboxylic acids is 1. The van der Waals surface area contributed by atoms with E-state index < -0.39 is 0 Å². The van der Waals surface area contributed by atoms with Crippen LogP contribution in [-0.4, -0.2) is 16.1 Å². The Hall–Kier alpha value is -1.60. The van der Waals surface area contributed by atoms with Gasteiger partial charge in [-0.2, -0.15) is 0 Å². The molecule has 122 valence electrons. The first-order chi connectivity index (χ1) is 11.6. The molecular formula is C16H11Cl2N3OS2. The molecule has 3 rings (SSSR count). The molecule has 1 N–H and O–H groups in total. The lowest BCUT2D eigenvalue weighted by Gasteiger charge is -2.10. The highest BCUT2D eigenvalue weighted by Gasteiger charge is 2.11. The molecule has 0 saturated heterocycles. The van der Waals surface area contributed by atoms with E-state index in [2.05, 4.69) is 15.5 Å². The molecule has 0 spiro atoms. The Morgan fingerprint density at radius 3 is 2.75 bits per heavy atom. The summed E-state index contributed by atoms with van der Waals surface area (Å²) in [4.78, 5) is 13.2. The summed E-state index contributed by atoms with van der Waals surface area (Å²) in [6.45, 7) is 0. The number of carbonyl (C=O) groups is 1. The fraction of sp³-hybridized carbons (Fsp3) is 0.0625. The largest absolute Gasteiger partial charge is 0.325 e. The normalized spacial score (nSPS) is 10.6. The number of para-hydroxylation sites is 1. The first-order valence-corrected chi connectivity index (χ1v) is 9.34. The van der Waals surface area contributed by atoms with E-state index in [9.17, 15) is 4.79 Å². The number of hydrogen-bond acceptors (Lipinski definition) is 5. The first kappa shape index (κ1) is 17.2. The van der Waals surface area contributed by atoms with Crippen LogP contribution in [0.5, 0.6) is 0 Å². The topological polar surface area (TPSA) is 54.9 Å². The number of nitrogens with one attached hydrogen (secondary N) is 1. The Labute approximate surface area is 157 Å². The van der Waals surface area contributed by atoms with Gasteiger partial charge >= 0.3 is 0 Å². The van der Waals surface area contributed by atoms with Gasteiger partial charge in [-0.05, 0) is 29.8 Å². The molecule has 0 aliphatic rings. The Bertz CT molecular complexity index is 856. The molecule has 24 heavy (non-hydrogen) atoms. The molecule has 8 heteroatoms. The third kappa shape index (κ3) is 4.48. The van der Waals surface area contributed by atoms with Gasteiger partial charge in [-0.25, -0.2) is 0 Å². The average molecular weight is 396 g/mol. The van der Waals surface area contributed by atoms with Crippen LogP contribution in [0.4, 0.5) is 5.69 Å². The number of benzene rings is 2. The summed E-state index contributed by atoms with van der Waals surface area (Å²) in [5.41, 5.74) is 3.22. The fourth-order valence-corrected chi connectivity index (χ4v) is 3.83. The van der Waals surface area contributed by atoms with Crippen molar-refractivity contribution in [3.05, 3.63) is 63.6 Å². The maximum absolute atomic E-state index is 12.3. The van der Waals surface area contributed by atoms with Crippen molar-refractivity contribution < 1.29 is 4.79 Å². The molecule has 1 heterocycles. The summed E-state index contributed by atoms with van der Waals surface area (Å²) < 4.78 is 0.821. The molecule has 0 bridgehead atoms. The lowest BCUT2D eigenvalue weighted by atomic mass is 10.1. The number of anilines is 1. The molecule has 2 aromatic carbocycles. The number of amides is 1. The highest BCUT2D eigenvalue weighted by atomic mass is 35.5. The van der Waals surface area contributed by atoms with Gasteiger partial charge in [0, 0.05) is 4.90 Å². The number of aromatic nitrogens is 2. The highest BCUT2D eigenvalue weighted by molar-refractivity contribution is 8.01. The molecule has 0 aliphatic heterocycles. The quantitative estimate of drug-likeness (QED) is 0.646. The maximum Gasteiger partial charge on any atom is 0.228 e. The number of rotatable bonds is 5. The molecule has 3 aromatic rings. The monoisotopic (exact) mass is 395 g/mol. The summed E-state index contributed by atoms with van der Waals surface area (Å²) in [5, 5.41) is 11.7. The van der Waals surface area contributed by atoms with E-state index in [-0.39, 0.29) is 12.3 Å². The van der Waals surface area contributed by atoms with Crippen molar-refractivity contribution in [3.63, 3.8) is 0 Å². The van der Waals surface area contributed by atoms with Crippen LogP contribution >= 0.6 is 46.3 Å². The first-order valence-electron chi connectivity index (χ1n) is 6.88. The van der Waals surface area contributed by atoms with E-state index in [1.165, 1.54) is 23.1 Å². The van der Waals surface area contributed by atoms with Gasteiger partial charge in [0.25, 0.3) is 0 Å². The Balaban J connectivity index is 1.71. The van der Waals surface area contributed by atoms with Gasteiger partial charge in [0.05, 0.1) is 22.2 Å². The van der Waals surface area contributed by atoms with E-state index in [0.717, 1.165) is 20.5 Å². The van der Waals surface area contributed by atoms with Gasteiger partial charge in [0.15, 0.2) is 4.34 Å². The summed E-state index contributed by atoms with van der Waals surface area (Å²) in [7, 11) is 0. The van der Waals surface area contributed by atoms with Gasteiger partial charge < -0.3 is 5.32 Å². The predicted octanol–water partition coefficient (Wildman–Crippen LogP) is 5.18. The number of hydrogen-bond donors (Lipinski definition) is 1. The minimum absolute atomic E-state index is 0.126. The highest BCUT2D eigenvalue weighted by Crippen LogP contribution is 2.34. The van der Waals surface area contributed by atoms with Crippen molar-refractivity contribution in [1.29, 1.82) is 0 Å². The Morgan fingerprint density at radius 2 is 2.00 bits per heavy atom.